The third-order valence-corrected chi connectivity index (χ3v) is 4.65. The summed E-state index contributed by atoms with van der Waals surface area (Å²) in [5.74, 6) is 0.0424. The van der Waals surface area contributed by atoms with Crippen LogP contribution < -0.4 is 15.2 Å². The first-order valence-electron chi connectivity index (χ1n) is 6.70. The average Bonchev–Trinajstić information content (AvgIpc) is 3.14. The lowest BCUT2D eigenvalue weighted by Crippen LogP contribution is -2.30. The number of benzene rings is 1. The van der Waals surface area contributed by atoms with Crippen molar-refractivity contribution in [2.75, 3.05) is 13.7 Å². The maximum Gasteiger partial charge on any atom is 0.241 e. The Morgan fingerprint density at radius 1 is 1.43 bits per heavy atom. The van der Waals surface area contributed by atoms with Crippen LogP contribution in [0.15, 0.2) is 23.1 Å². The molecule has 7 heteroatoms. The van der Waals surface area contributed by atoms with E-state index in [0.29, 0.717) is 12.1 Å². The Morgan fingerprint density at radius 2 is 2.10 bits per heavy atom. The number of nitrogens with two attached hydrogens (primary N) is 1. The summed E-state index contributed by atoms with van der Waals surface area (Å²) in [6.45, 7) is 2.78. The number of nitrogens with one attached hydrogen (secondary N) is 1. The Morgan fingerprint density at radius 3 is 2.62 bits per heavy atom. The fourth-order valence-electron chi connectivity index (χ4n) is 2.00. The van der Waals surface area contributed by atoms with Gasteiger partial charge in [0.2, 0.25) is 15.9 Å². The van der Waals surface area contributed by atoms with Gasteiger partial charge in [-0.1, -0.05) is 13.0 Å². The molecule has 1 aromatic carbocycles. The third-order valence-electron chi connectivity index (χ3n) is 3.72. The van der Waals surface area contributed by atoms with Gasteiger partial charge >= 0.3 is 0 Å². The highest BCUT2D eigenvalue weighted by Gasteiger charge is 2.37. The molecule has 0 saturated heterocycles. The van der Waals surface area contributed by atoms with Crippen LogP contribution in [0.5, 0.6) is 5.75 Å². The zero-order valence-corrected chi connectivity index (χ0v) is 13.0. The van der Waals surface area contributed by atoms with Gasteiger partial charge in [0.05, 0.1) is 13.5 Å². The summed E-state index contributed by atoms with van der Waals surface area (Å²) >= 11 is 0. The predicted octanol–water partition coefficient (Wildman–Crippen LogP) is 0.801. The van der Waals surface area contributed by atoms with Gasteiger partial charge in [0.1, 0.15) is 10.6 Å². The molecule has 0 unspecified atom stereocenters. The van der Waals surface area contributed by atoms with Gasteiger partial charge in [0.25, 0.3) is 0 Å². The molecule has 0 aliphatic heterocycles. The molecule has 1 amide bonds. The van der Waals surface area contributed by atoms with Crippen LogP contribution >= 0.6 is 0 Å². The van der Waals surface area contributed by atoms with Crippen LogP contribution in [-0.4, -0.2) is 28.0 Å². The van der Waals surface area contributed by atoms with Gasteiger partial charge in [0.15, 0.2) is 0 Å². The van der Waals surface area contributed by atoms with Gasteiger partial charge in [-0.05, 0) is 36.0 Å². The van der Waals surface area contributed by atoms with Crippen LogP contribution in [0, 0.1) is 5.41 Å². The molecule has 1 saturated carbocycles. The van der Waals surface area contributed by atoms with Crippen LogP contribution in [0.2, 0.25) is 0 Å². The standard InChI is InChI=1S/C14H20N2O4S/c1-14(5-6-14)9-16-13(17)8-10-3-4-11(20-2)12(7-10)21(15,18)19/h3-4,7H,5-6,8-9H2,1-2H3,(H,16,17)(H2,15,18,19). The van der Waals surface area contributed by atoms with E-state index in [9.17, 15) is 13.2 Å². The van der Waals surface area contributed by atoms with Gasteiger partial charge < -0.3 is 10.1 Å². The van der Waals surface area contributed by atoms with E-state index in [1.54, 1.807) is 6.07 Å². The molecule has 2 rings (SSSR count). The first kappa shape index (κ1) is 15.8. The van der Waals surface area contributed by atoms with Gasteiger partial charge in [-0.25, -0.2) is 13.6 Å². The lowest BCUT2D eigenvalue weighted by Gasteiger charge is -2.11. The topological polar surface area (TPSA) is 98.5 Å². The van der Waals surface area contributed by atoms with Crippen LogP contribution in [-0.2, 0) is 21.2 Å². The molecular weight excluding hydrogens is 292 g/mol. The molecule has 0 radical (unpaired) electrons. The van der Waals surface area contributed by atoms with Gasteiger partial charge in [-0.15, -0.1) is 0 Å². The van der Waals surface area contributed by atoms with E-state index in [1.165, 1.54) is 19.2 Å². The average molecular weight is 312 g/mol. The van der Waals surface area contributed by atoms with Crippen molar-refractivity contribution >= 4 is 15.9 Å². The van der Waals surface area contributed by atoms with Crippen molar-refractivity contribution < 1.29 is 17.9 Å². The minimum atomic E-state index is -3.89. The highest BCUT2D eigenvalue weighted by molar-refractivity contribution is 7.89. The summed E-state index contributed by atoms with van der Waals surface area (Å²) in [7, 11) is -2.52. The molecule has 1 aliphatic carbocycles. The number of carbonyl (C=O) groups excluding carboxylic acids is 1. The van der Waals surface area contributed by atoms with Crippen molar-refractivity contribution in [1.29, 1.82) is 0 Å². The second-order valence-electron chi connectivity index (χ2n) is 5.79. The minimum Gasteiger partial charge on any atom is -0.495 e. The van der Waals surface area contributed by atoms with Gasteiger partial charge in [-0.3, -0.25) is 4.79 Å². The van der Waals surface area contributed by atoms with Crippen molar-refractivity contribution in [2.45, 2.75) is 31.1 Å². The van der Waals surface area contributed by atoms with E-state index in [0.717, 1.165) is 12.8 Å². The number of ether oxygens (including phenoxy) is 1. The van der Waals surface area contributed by atoms with Crippen LogP contribution in [0.4, 0.5) is 0 Å². The van der Waals surface area contributed by atoms with Crippen LogP contribution in [0.3, 0.4) is 0 Å². The lowest BCUT2D eigenvalue weighted by molar-refractivity contribution is -0.120. The molecule has 1 aromatic rings. The molecule has 3 N–H and O–H groups in total. The fraction of sp³-hybridized carbons (Fsp3) is 0.500. The SMILES string of the molecule is COc1ccc(CC(=O)NCC2(C)CC2)cc1S(N)(=O)=O. The fourth-order valence-corrected chi connectivity index (χ4v) is 2.75. The van der Waals surface area contributed by atoms with E-state index in [2.05, 4.69) is 12.2 Å². The number of hydrogen-bond donors (Lipinski definition) is 2. The largest absolute Gasteiger partial charge is 0.495 e. The zero-order chi connectivity index (χ0) is 15.7. The van der Waals surface area contributed by atoms with Crippen molar-refractivity contribution in [2.24, 2.45) is 10.6 Å². The van der Waals surface area contributed by atoms with Gasteiger partial charge in [-0.2, -0.15) is 0 Å². The molecule has 1 aliphatic rings. The van der Waals surface area contributed by atoms with E-state index < -0.39 is 10.0 Å². The summed E-state index contributed by atoms with van der Waals surface area (Å²) < 4.78 is 28.0. The van der Waals surface area contributed by atoms with Crippen LogP contribution in [0.25, 0.3) is 0 Å². The molecular formula is C14H20N2O4S. The zero-order valence-electron chi connectivity index (χ0n) is 12.2. The lowest BCUT2D eigenvalue weighted by atomic mass is 10.1. The van der Waals surface area contributed by atoms with E-state index in [4.69, 9.17) is 9.88 Å². The Hall–Kier alpha value is -1.60. The molecule has 0 atom stereocenters. The van der Waals surface area contributed by atoms with Crippen molar-refractivity contribution in [1.82, 2.24) is 5.32 Å². The van der Waals surface area contributed by atoms with E-state index in [1.807, 2.05) is 0 Å². The molecule has 1 fully saturated rings. The Bertz CT molecular complexity index is 651. The summed E-state index contributed by atoms with van der Waals surface area (Å²) in [6.07, 6.45) is 2.37. The highest BCUT2D eigenvalue weighted by atomic mass is 32.2. The monoisotopic (exact) mass is 312 g/mol. The minimum absolute atomic E-state index is 0.107. The molecule has 6 nitrogen and oxygen atoms in total. The Kier molecular flexibility index (Phi) is 4.25. The Labute approximate surface area is 124 Å². The summed E-state index contributed by atoms with van der Waals surface area (Å²) in [6, 6.07) is 4.54. The number of amides is 1. The molecule has 0 spiro atoms. The first-order chi connectivity index (χ1) is 9.73. The van der Waals surface area contributed by atoms with Crippen molar-refractivity contribution in [3.05, 3.63) is 23.8 Å². The number of carbonyl (C=O) groups is 1. The molecule has 0 aromatic heterocycles. The third kappa shape index (κ3) is 4.18. The van der Waals surface area contributed by atoms with E-state index in [-0.39, 0.29) is 28.4 Å². The molecule has 116 valence electrons. The number of methoxy groups -OCH3 is 1. The normalized spacial score (nSPS) is 16.3. The number of rotatable bonds is 6. The molecule has 0 heterocycles. The quantitative estimate of drug-likeness (QED) is 0.811. The van der Waals surface area contributed by atoms with Gasteiger partial charge in [0, 0.05) is 6.54 Å². The maximum atomic E-state index is 11.9. The van der Waals surface area contributed by atoms with Crippen molar-refractivity contribution in [3.63, 3.8) is 0 Å². The van der Waals surface area contributed by atoms with E-state index >= 15 is 0 Å². The molecule has 21 heavy (non-hydrogen) atoms. The maximum absolute atomic E-state index is 11.9. The number of primary sulfonamides is 1. The summed E-state index contributed by atoms with van der Waals surface area (Å²) in [4.78, 5) is 11.8. The summed E-state index contributed by atoms with van der Waals surface area (Å²) in [5.41, 5.74) is 0.819. The second-order valence-corrected chi connectivity index (χ2v) is 7.32. The number of sulfonamides is 1. The predicted molar refractivity (Wildman–Crippen MR) is 78.4 cm³/mol. The Balaban J connectivity index is 2.08. The first-order valence-corrected chi connectivity index (χ1v) is 8.25. The van der Waals surface area contributed by atoms with Crippen molar-refractivity contribution in [3.8, 4) is 5.75 Å². The number of hydrogen-bond acceptors (Lipinski definition) is 4. The summed E-state index contributed by atoms with van der Waals surface area (Å²) in [5, 5.41) is 8.02. The molecule has 0 bridgehead atoms. The highest BCUT2D eigenvalue weighted by Crippen LogP contribution is 2.44. The second kappa shape index (κ2) is 5.65. The van der Waals surface area contributed by atoms with Crippen LogP contribution in [0.1, 0.15) is 25.3 Å². The smallest absolute Gasteiger partial charge is 0.241 e.